The standard InChI is InChI=1S/C21H23Cl2N3O5/c1-29-9-5-8-24-20(27)21(28)26-25-12-14-10-17(23)19(18(11-14)30-2)31-13-15-6-3-4-7-16(15)22/h3-4,6-7,10-12H,5,8-9,13H2,1-2H3,(H,24,27)(H,26,28)/b25-12-. The number of methoxy groups -OCH3 is 2. The van der Waals surface area contributed by atoms with Gasteiger partial charge in [0.1, 0.15) is 6.61 Å². The van der Waals surface area contributed by atoms with Crippen LogP contribution in [0.1, 0.15) is 17.5 Å². The van der Waals surface area contributed by atoms with Crippen LogP contribution in [0, 0.1) is 0 Å². The van der Waals surface area contributed by atoms with Gasteiger partial charge in [0, 0.05) is 30.8 Å². The molecule has 2 amide bonds. The largest absolute Gasteiger partial charge is 0.493 e. The van der Waals surface area contributed by atoms with Crippen LogP contribution in [0.5, 0.6) is 11.5 Å². The summed E-state index contributed by atoms with van der Waals surface area (Å²) < 4.78 is 16.0. The molecule has 10 heteroatoms. The van der Waals surface area contributed by atoms with Gasteiger partial charge in [-0.05, 0) is 30.2 Å². The van der Waals surface area contributed by atoms with Gasteiger partial charge >= 0.3 is 11.8 Å². The third kappa shape index (κ3) is 7.75. The monoisotopic (exact) mass is 467 g/mol. The zero-order chi connectivity index (χ0) is 22.6. The van der Waals surface area contributed by atoms with E-state index in [4.69, 9.17) is 37.4 Å². The second-order valence-corrected chi connectivity index (χ2v) is 7.03. The molecule has 0 heterocycles. The minimum absolute atomic E-state index is 0.207. The molecule has 0 saturated heterocycles. The van der Waals surface area contributed by atoms with Gasteiger partial charge < -0.3 is 19.5 Å². The van der Waals surface area contributed by atoms with Crippen molar-refractivity contribution in [2.75, 3.05) is 27.4 Å². The van der Waals surface area contributed by atoms with E-state index in [2.05, 4.69) is 15.8 Å². The molecule has 2 aromatic rings. The van der Waals surface area contributed by atoms with E-state index in [0.29, 0.717) is 41.7 Å². The smallest absolute Gasteiger partial charge is 0.329 e. The molecule has 0 aliphatic carbocycles. The SMILES string of the molecule is COCCCNC(=O)C(=O)N/N=C\c1cc(Cl)c(OCc2ccccc2Cl)c(OC)c1. The fourth-order valence-corrected chi connectivity index (χ4v) is 2.90. The molecule has 2 rings (SSSR count). The second-order valence-electron chi connectivity index (χ2n) is 6.22. The number of benzene rings is 2. The highest BCUT2D eigenvalue weighted by atomic mass is 35.5. The average molecular weight is 468 g/mol. The van der Waals surface area contributed by atoms with Gasteiger partial charge in [0.2, 0.25) is 0 Å². The van der Waals surface area contributed by atoms with Crippen LogP contribution < -0.4 is 20.2 Å². The Morgan fingerprint density at radius 3 is 2.58 bits per heavy atom. The lowest BCUT2D eigenvalue weighted by Crippen LogP contribution is -2.38. The van der Waals surface area contributed by atoms with Crippen LogP contribution in [-0.2, 0) is 20.9 Å². The van der Waals surface area contributed by atoms with Crippen molar-refractivity contribution < 1.29 is 23.8 Å². The highest BCUT2D eigenvalue weighted by Crippen LogP contribution is 2.37. The number of nitrogens with zero attached hydrogens (tertiary/aromatic N) is 1. The van der Waals surface area contributed by atoms with Crippen LogP contribution in [-0.4, -0.2) is 45.4 Å². The quantitative estimate of drug-likeness (QED) is 0.242. The molecule has 0 aromatic heterocycles. The van der Waals surface area contributed by atoms with Crippen molar-refractivity contribution in [3.05, 3.63) is 57.6 Å². The van der Waals surface area contributed by atoms with Crippen LogP contribution in [0.15, 0.2) is 41.5 Å². The molecule has 31 heavy (non-hydrogen) atoms. The molecule has 0 saturated carbocycles. The molecule has 2 aromatic carbocycles. The summed E-state index contributed by atoms with van der Waals surface area (Å²) in [5.74, 6) is -0.942. The predicted molar refractivity (Wildman–Crippen MR) is 119 cm³/mol. The fourth-order valence-electron chi connectivity index (χ4n) is 2.43. The molecule has 166 valence electrons. The fraction of sp³-hybridized carbons (Fsp3) is 0.286. The van der Waals surface area contributed by atoms with Gasteiger partial charge in [-0.1, -0.05) is 41.4 Å². The Balaban J connectivity index is 1.98. The van der Waals surface area contributed by atoms with E-state index in [1.54, 1.807) is 25.3 Å². The number of nitrogens with one attached hydrogen (secondary N) is 2. The molecule has 0 bridgehead atoms. The van der Waals surface area contributed by atoms with Crippen LogP contribution in [0.25, 0.3) is 0 Å². The lowest BCUT2D eigenvalue weighted by molar-refractivity contribution is -0.139. The van der Waals surface area contributed by atoms with E-state index < -0.39 is 11.8 Å². The van der Waals surface area contributed by atoms with Gasteiger partial charge in [0.15, 0.2) is 11.5 Å². The first-order valence-electron chi connectivity index (χ1n) is 9.30. The Hall–Kier alpha value is -2.81. The van der Waals surface area contributed by atoms with E-state index in [1.165, 1.54) is 13.3 Å². The topological polar surface area (TPSA) is 98.2 Å². The number of carbonyl (C=O) groups is 2. The third-order valence-electron chi connectivity index (χ3n) is 3.98. The van der Waals surface area contributed by atoms with Crippen molar-refractivity contribution in [2.45, 2.75) is 13.0 Å². The van der Waals surface area contributed by atoms with E-state index in [0.717, 1.165) is 5.56 Å². The van der Waals surface area contributed by atoms with E-state index >= 15 is 0 Å². The van der Waals surface area contributed by atoms with E-state index in [1.807, 2.05) is 18.2 Å². The summed E-state index contributed by atoms with van der Waals surface area (Å²) in [7, 11) is 3.03. The van der Waals surface area contributed by atoms with E-state index in [-0.39, 0.29) is 11.6 Å². The Morgan fingerprint density at radius 1 is 1.10 bits per heavy atom. The number of carbonyl (C=O) groups excluding carboxylic acids is 2. The van der Waals surface area contributed by atoms with Crippen molar-refractivity contribution in [3.63, 3.8) is 0 Å². The summed E-state index contributed by atoms with van der Waals surface area (Å²) in [5, 5.41) is 7.11. The first kappa shape index (κ1) is 24.5. The van der Waals surface area contributed by atoms with Gasteiger partial charge in [-0.2, -0.15) is 5.10 Å². The molecule has 0 aliphatic heterocycles. The molecule has 2 N–H and O–H groups in total. The number of hydrazone groups is 1. The molecule has 0 unspecified atom stereocenters. The Bertz CT molecular complexity index is 937. The predicted octanol–water partition coefficient (Wildman–Crippen LogP) is 3.18. The summed E-state index contributed by atoms with van der Waals surface area (Å²) >= 11 is 12.5. The van der Waals surface area contributed by atoms with Crippen molar-refractivity contribution in [1.29, 1.82) is 0 Å². The first-order chi connectivity index (χ1) is 15.0. The maximum Gasteiger partial charge on any atom is 0.329 e. The van der Waals surface area contributed by atoms with Crippen molar-refractivity contribution in [2.24, 2.45) is 5.10 Å². The summed E-state index contributed by atoms with van der Waals surface area (Å²) in [6.07, 6.45) is 1.93. The molecule has 0 aliphatic rings. The summed E-state index contributed by atoms with van der Waals surface area (Å²) in [4.78, 5) is 23.4. The molecular formula is C21H23Cl2N3O5. The van der Waals surface area contributed by atoms with Crippen LogP contribution in [0.4, 0.5) is 0 Å². The highest BCUT2D eigenvalue weighted by molar-refractivity contribution is 6.35. The van der Waals surface area contributed by atoms with Crippen molar-refractivity contribution in [3.8, 4) is 11.5 Å². The number of hydrogen-bond acceptors (Lipinski definition) is 6. The number of rotatable bonds is 10. The Kier molecular flexibility index (Phi) is 10.1. The maximum atomic E-state index is 11.7. The highest BCUT2D eigenvalue weighted by Gasteiger charge is 2.14. The molecular weight excluding hydrogens is 445 g/mol. The Labute approximate surface area is 190 Å². The number of hydrogen-bond donors (Lipinski definition) is 2. The minimum Gasteiger partial charge on any atom is -0.493 e. The van der Waals surface area contributed by atoms with Crippen LogP contribution >= 0.6 is 23.2 Å². The zero-order valence-corrected chi connectivity index (χ0v) is 18.6. The average Bonchev–Trinajstić information content (AvgIpc) is 2.76. The molecule has 0 spiro atoms. The first-order valence-corrected chi connectivity index (χ1v) is 10.1. The summed E-state index contributed by atoms with van der Waals surface area (Å²) in [6, 6.07) is 10.5. The van der Waals surface area contributed by atoms with Crippen LogP contribution in [0.2, 0.25) is 10.0 Å². The molecule has 0 atom stereocenters. The number of halogens is 2. The maximum absolute atomic E-state index is 11.7. The third-order valence-corrected chi connectivity index (χ3v) is 4.63. The van der Waals surface area contributed by atoms with Crippen LogP contribution in [0.3, 0.4) is 0 Å². The van der Waals surface area contributed by atoms with Crippen molar-refractivity contribution in [1.82, 2.24) is 10.7 Å². The van der Waals surface area contributed by atoms with Crippen molar-refractivity contribution >= 4 is 41.2 Å². The zero-order valence-electron chi connectivity index (χ0n) is 17.1. The molecule has 8 nitrogen and oxygen atoms in total. The number of amides is 2. The van der Waals surface area contributed by atoms with E-state index in [9.17, 15) is 9.59 Å². The Morgan fingerprint density at radius 2 is 1.87 bits per heavy atom. The normalized spacial score (nSPS) is 10.7. The lowest BCUT2D eigenvalue weighted by Gasteiger charge is -2.14. The van der Waals surface area contributed by atoms with Gasteiger partial charge in [-0.15, -0.1) is 0 Å². The van der Waals surface area contributed by atoms with Gasteiger partial charge in [0.05, 0.1) is 18.3 Å². The summed E-state index contributed by atoms with van der Waals surface area (Å²) in [5.41, 5.74) is 3.49. The molecule has 0 radical (unpaired) electrons. The molecule has 0 fully saturated rings. The van der Waals surface area contributed by atoms with Gasteiger partial charge in [0.25, 0.3) is 0 Å². The van der Waals surface area contributed by atoms with Gasteiger partial charge in [-0.25, -0.2) is 5.43 Å². The lowest BCUT2D eigenvalue weighted by atomic mass is 10.2. The van der Waals surface area contributed by atoms with Gasteiger partial charge in [-0.3, -0.25) is 9.59 Å². The minimum atomic E-state index is -0.883. The second kappa shape index (κ2) is 12.8. The summed E-state index contributed by atoms with van der Waals surface area (Å²) in [6.45, 7) is 1.02. The number of ether oxygens (including phenoxy) is 3.